The van der Waals surface area contributed by atoms with E-state index < -0.39 is 0 Å². The molecule has 1 atom stereocenters. The van der Waals surface area contributed by atoms with E-state index in [-0.39, 0.29) is 11.5 Å². The Morgan fingerprint density at radius 2 is 2.00 bits per heavy atom. The van der Waals surface area contributed by atoms with E-state index in [9.17, 15) is 0 Å². The van der Waals surface area contributed by atoms with Gasteiger partial charge in [-0.05, 0) is 32.8 Å². The minimum absolute atomic E-state index is 0.131. The van der Waals surface area contributed by atoms with Crippen molar-refractivity contribution in [2.75, 3.05) is 0 Å². The molecule has 2 aromatic rings. The van der Waals surface area contributed by atoms with E-state index in [1.54, 1.807) is 0 Å². The molecule has 0 saturated heterocycles. The third-order valence-electron chi connectivity index (χ3n) is 4.60. The van der Waals surface area contributed by atoms with Gasteiger partial charge in [-0.2, -0.15) is 4.98 Å². The van der Waals surface area contributed by atoms with Crippen LogP contribution in [0.1, 0.15) is 68.6 Å². The molecule has 0 N–H and O–H groups in total. The molecule has 110 valence electrons. The fraction of sp³-hybridized carbons (Fsp3) is 0.529. The van der Waals surface area contributed by atoms with Crippen LogP contribution in [0.2, 0.25) is 0 Å². The van der Waals surface area contributed by atoms with Crippen LogP contribution in [0.15, 0.2) is 28.8 Å². The second kappa shape index (κ2) is 4.58. The van der Waals surface area contributed by atoms with Gasteiger partial charge in [-0.15, -0.1) is 0 Å². The van der Waals surface area contributed by atoms with Crippen LogP contribution in [0.4, 0.5) is 0 Å². The Kier molecular flexibility index (Phi) is 2.81. The van der Waals surface area contributed by atoms with Crippen molar-refractivity contribution < 1.29 is 9.26 Å². The van der Waals surface area contributed by atoms with Gasteiger partial charge >= 0.3 is 0 Å². The van der Waals surface area contributed by atoms with Gasteiger partial charge in [-0.1, -0.05) is 29.8 Å². The molecule has 0 spiro atoms. The van der Waals surface area contributed by atoms with Gasteiger partial charge in [0, 0.05) is 17.9 Å². The summed E-state index contributed by atoms with van der Waals surface area (Å²) in [5.41, 5.74) is 0.935. The van der Waals surface area contributed by atoms with Gasteiger partial charge in [0.05, 0.1) is 5.92 Å². The van der Waals surface area contributed by atoms with E-state index in [4.69, 9.17) is 9.26 Å². The molecular formula is C17H20N2O2. The Morgan fingerprint density at radius 1 is 1.19 bits per heavy atom. The van der Waals surface area contributed by atoms with E-state index in [2.05, 4.69) is 30.1 Å². The first-order chi connectivity index (χ1) is 10.1. The molecule has 1 unspecified atom stereocenters. The number of nitrogens with zero attached hydrogens (tertiary/aromatic N) is 2. The lowest BCUT2D eigenvalue weighted by Gasteiger charge is -2.36. The summed E-state index contributed by atoms with van der Waals surface area (Å²) < 4.78 is 11.7. The maximum atomic E-state index is 6.07. The number of fused-ring (bicyclic) bond motifs is 1. The van der Waals surface area contributed by atoms with Crippen molar-refractivity contribution in [2.45, 2.75) is 57.0 Å². The van der Waals surface area contributed by atoms with Crippen molar-refractivity contribution in [1.29, 1.82) is 0 Å². The summed E-state index contributed by atoms with van der Waals surface area (Å²) in [6.07, 6.45) is 4.52. The minimum atomic E-state index is -0.218. The lowest BCUT2D eigenvalue weighted by Crippen LogP contribution is -2.35. The van der Waals surface area contributed by atoms with Crippen molar-refractivity contribution in [2.24, 2.45) is 0 Å². The quantitative estimate of drug-likeness (QED) is 0.835. The Balaban J connectivity index is 1.71. The molecule has 1 saturated carbocycles. The topological polar surface area (TPSA) is 48.2 Å². The SMILES string of the molecule is CC1(C)CC(c2nc(C3CCC3)no2)c2ccccc2O1. The Morgan fingerprint density at radius 3 is 2.76 bits per heavy atom. The Bertz CT molecular complexity index is 658. The first-order valence-electron chi connectivity index (χ1n) is 7.74. The zero-order valence-electron chi connectivity index (χ0n) is 12.5. The first kappa shape index (κ1) is 12.9. The first-order valence-corrected chi connectivity index (χ1v) is 7.74. The number of para-hydroxylation sites is 1. The molecule has 21 heavy (non-hydrogen) atoms. The van der Waals surface area contributed by atoms with Crippen molar-refractivity contribution in [3.8, 4) is 5.75 Å². The predicted octanol–water partition coefficient (Wildman–Crippen LogP) is 4.03. The molecule has 2 heterocycles. The highest BCUT2D eigenvalue weighted by atomic mass is 16.5. The van der Waals surface area contributed by atoms with Crippen molar-refractivity contribution in [1.82, 2.24) is 10.1 Å². The van der Waals surface area contributed by atoms with E-state index in [1.807, 2.05) is 18.2 Å². The number of hydrogen-bond donors (Lipinski definition) is 0. The molecule has 1 aromatic heterocycles. The molecule has 1 aliphatic heterocycles. The lowest BCUT2D eigenvalue weighted by atomic mass is 9.83. The summed E-state index contributed by atoms with van der Waals surface area (Å²) in [6.45, 7) is 4.22. The zero-order chi connectivity index (χ0) is 14.4. The van der Waals surface area contributed by atoms with Crippen LogP contribution in [-0.4, -0.2) is 15.7 Å². The number of rotatable bonds is 2. The van der Waals surface area contributed by atoms with Gasteiger partial charge in [-0.25, -0.2) is 0 Å². The van der Waals surface area contributed by atoms with Gasteiger partial charge in [-0.3, -0.25) is 0 Å². The van der Waals surface area contributed by atoms with E-state index >= 15 is 0 Å². The van der Waals surface area contributed by atoms with Gasteiger partial charge in [0.15, 0.2) is 5.82 Å². The van der Waals surface area contributed by atoms with Crippen LogP contribution in [0.5, 0.6) is 5.75 Å². The van der Waals surface area contributed by atoms with Crippen LogP contribution in [0.25, 0.3) is 0 Å². The largest absolute Gasteiger partial charge is 0.488 e. The second-order valence-corrected chi connectivity index (χ2v) is 6.77. The molecule has 0 amide bonds. The highest BCUT2D eigenvalue weighted by Gasteiger charge is 2.38. The van der Waals surface area contributed by atoms with Crippen LogP contribution >= 0.6 is 0 Å². The normalized spacial score (nSPS) is 24.0. The maximum absolute atomic E-state index is 6.07. The van der Waals surface area contributed by atoms with E-state index in [0.29, 0.717) is 5.92 Å². The standard InChI is InChI=1S/C17H20N2O2/c1-17(2)10-13(12-8-3-4-9-14(12)20-17)16-18-15(19-21-16)11-6-5-7-11/h3-4,8-9,11,13H,5-7,10H2,1-2H3. The van der Waals surface area contributed by atoms with Crippen molar-refractivity contribution in [3.05, 3.63) is 41.5 Å². The summed E-state index contributed by atoms with van der Waals surface area (Å²) in [5, 5.41) is 4.21. The molecule has 0 radical (unpaired) electrons. The summed E-state index contributed by atoms with van der Waals surface area (Å²) in [7, 11) is 0. The van der Waals surface area contributed by atoms with Crippen LogP contribution in [0.3, 0.4) is 0 Å². The molecule has 2 aliphatic rings. The number of ether oxygens (including phenoxy) is 1. The maximum Gasteiger partial charge on any atom is 0.234 e. The fourth-order valence-corrected chi connectivity index (χ4v) is 3.24. The molecular weight excluding hydrogens is 264 g/mol. The molecule has 1 fully saturated rings. The average Bonchev–Trinajstić information content (AvgIpc) is 2.84. The Labute approximate surface area is 124 Å². The molecule has 1 aromatic carbocycles. The molecule has 0 bridgehead atoms. The minimum Gasteiger partial charge on any atom is -0.488 e. The number of benzene rings is 1. The third-order valence-corrected chi connectivity index (χ3v) is 4.60. The molecule has 1 aliphatic carbocycles. The smallest absolute Gasteiger partial charge is 0.234 e. The fourth-order valence-electron chi connectivity index (χ4n) is 3.24. The van der Waals surface area contributed by atoms with Crippen LogP contribution in [0, 0.1) is 0 Å². The van der Waals surface area contributed by atoms with Crippen LogP contribution in [-0.2, 0) is 0 Å². The Hall–Kier alpha value is -1.84. The summed E-state index contributed by atoms with van der Waals surface area (Å²) >= 11 is 0. The monoisotopic (exact) mass is 284 g/mol. The van der Waals surface area contributed by atoms with Gasteiger partial charge in [0.2, 0.25) is 5.89 Å². The molecule has 4 nitrogen and oxygen atoms in total. The van der Waals surface area contributed by atoms with E-state index in [1.165, 1.54) is 19.3 Å². The van der Waals surface area contributed by atoms with Crippen molar-refractivity contribution in [3.63, 3.8) is 0 Å². The predicted molar refractivity (Wildman–Crippen MR) is 78.5 cm³/mol. The van der Waals surface area contributed by atoms with Gasteiger partial charge in [0.25, 0.3) is 0 Å². The average molecular weight is 284 g/mol. The second-order valence-electron chi connectivity index (χ2n) is 6.77. The van der Waals surface area contributed by atoms with Crippen LogP contribution < -0.4 is 4.74 Å². The highest BCUT2D eigenvalue weighted by molar-refractivity contribution is 5.41. The van der Waals surface area contributed by atoms with Gasteiger partial charge in [0.1, 0.15) is 11.4 Å². The highest BCUT2D eigenvalue weighted by Crippen LogP contribution is 2.44. The zero-order valence-corrected chi connectivity index (χ0v) is 12.5. The summed E-state index contributed by atoms with van der Waals surface area (Å²) in [4.78, 5) is 4.69. The third kappa shape index (κ3) is 2.23. The molecule has 4 rings (SSSR count). The number of hydrogen-bond acceptors (Lipinski definition) is 4. The number of aromatic nitrogens is 2. The van der Waals surface area contributed by atoms with E-state index in [0.717, 1.165) is 29.4 Å². The summed E-state index contributed by atoms with van der Waals surface area (Å²) in [5.74, 6) is 3.19. The molecule has 4 heteroatoms. The van der Waals surface area contributed by atoms with Gasteiger partial charge < -0.3 is 9.26 Å². The summed E-state index contributed by atoms with van der Waals surface area (Å²) in [6, 6.07) is 8.16. The lowest BCUT2D eigenvalue weighted by molar-refractivity contribution is 0.0725. The van der Waals surface area contributed by atoms with Crippen molar-refractivity contribution >= 4 is 0 Å².